The van der Waals surface area contributed by atoms with Crippen molar-refractivity contribution >= 4 is 27.0 Å². The van der Waals surface area contributed by atoms with Crippen LogP contribution in [0.25, 0.3) is 0 Å². The van der Waals surface area contributed by atoms with Crippen molar-refractivity contribution in [3.8, 4) is 0 Å². The van der Waals surface area contributed by atoms with Crippen molar-refractivity contribution in [3.63, 3.8) is 0 Å². The van der Waals surface area contributed by atoms with Crippen molar-refractivity contribution in [1.29, 1.82) is 0 Å². The van der Waals surface area contributed by atoms with Gasteiger partial charge in [0.15, 0.2) is 0 Å². The van der Waals surface area contributed by atoms with Gasteiger partial charge in [0.2, 0.25) is 0 Å². The largest absolute Gasteiger partial charge is 0.392 e. The van der Waals surface area contributed by atoms with Crippen LogP contribution in [0.15, 0.2) is 52.1 Å². The monoisotopic (exact) mass is 297 g/mol. The number of anilines is 1. The van der Waals surface area contributed by atoms with E-state index in [1.165, 1.54) is 15.6 Å². The molecule has 0 saturated heterocycles. The number of para-hydroxylation sites is 1. The number of benzene rings is 1. The normalized spacial score (nSPS) is 13.2. The van der Waals surface area contributed by atoms with E-state index in [4.69, 9.17) is 0 Å². The molecule has 0 bridgehead atoms. The minimum atomic E-state index is -3.61. The van der Waals surface area contributed by atoms with Crippen LogP contribution in [0.5, 0.6) is 0 Å². The van der Waals surface area contributed by atoms with E-state index in [1.807, 2.05) is 6.07 Å². The van der Waals surface area contributed by atoms with Gasteiger partial charge >= 0.3 is 0 Å². The van der Waals surface area contributed by atoms with Crippen molar-refractivity contribution in [3.05, 3.63) is 47.8 Å². The average molecular weight is 297 g/mol. The maximum Gasteiger partial charge on any atom is 0.273 e. The fraction of sp³-hybridized carbons (Fsp3) is 0.231. The van der Waals surface area contributed by atoms with E-state index in [1.54, 1.807) is 48.7 Å². The van der Waals surface area contributed by atoms with Crippen molar-refractivity contribution in [1.82, 2.24) is 0 Å². The first-order chi connectivity index (χ1) is 9.01. The lowest BCUT2D eigenvalue weighted by Crippen LogP contribution is -2.36. The van der Waals surface area contributed by atoms with Gasteiger partial charge in [-0.3, -0.25) is 4.31 Å². The third kappa shape index (κ3) is 3.15. The Labute approximate surface area is 117 Å². The van der Waals surface area contributed by atoms with E-state index in [-0.39, 0.29) is 10.8 Å². The van der Waals surface area contributed by atoms with Crippen LogP contribution in [-0.4, -0.2) is 26.2 Å². The molecule has 0 aliphatic heterocycles. The fourth-order valence-electron chi connectivity index (χ4n) is 1.70. The molecular weight excluding hydrogens is 282 g/mol. The second-order valence-electron chi connectivity index (χ2n) is 4.15. The van der Waals surface area contributed by atoms with Gasteiger partial charge < -0.3 is 5.11 Å². The third-order valence-corrected chi connectivity index (χ3v) is 5.68. The summed E-state index contributed by atoms with van der Waals surface area (Å²) in [4.78, 5) is 0. The van der Waals surface area contributed by atoms with Crippen LogP contribution >= 0.6 is 11.3 Å². The van der Waals surface area contributed by atoms with Crippen molar-refractivity contribution < 1.29 is 13.5 Å². The van der Waals surface area contributed by atoms with E-state index < -0.39 is 16.1 Å². The summed E-state index contributed by atoms with van der Waals surface area (Å²) >= 11 is 1.17. The molecule has 0 unspecified atom stereocenters. The molecule has 0 amide bonds. The molecular formula is C13H15NO3S2. The minimum absolute atomic E-state index is 0.0320. The number of nitrogens with zero attached hydrogens (tertiary/aromatic N) is 1. The molecule has 0 spiro atoms. The molecule has 2 aromatic rings. The average Bonchev–Trinajstić information content (AvgIpc) is 2.91. The summed E-state index contributed by atoms with van der Waals surface area (Å²) in [6.07, 6.45) is -0.741. The van der Waals surface area contributed by atoms with Crippen LogP contribution in [0.1, 0.15) is 6.92 Å². The Bertz CT molecular complexity index is 607. The molecule has 1 atom stereocenters. The molecule has 102 valence electrons. The van der Waals surface area contributed by atoms with E-state index in [0.717, 1.165) is 0 Å². The van der Waals surface area contributed by atoms with E-state index in [2.05, 4.69) is 0 Å². The summed E-state index contributed by atoms with van der Waals surface area (Å²) < 4.78 is 26.6. The molecule has 1 aromatic heterocycles. The maximum atomic E-state index is 12.6. The van der Waals surface area contributed by atoms with Crippen molar-refractivity contribution in [2.45, 2.75) is 17.2 Å². The molecule has 19 heavy (non-hydrogen) atoms. The molecule has 1 aromatic carbocycles. The highest BCUT2D eigenvalue weighted by Gasteiger charge is 2.26. The topological polar surface area (TPSA) is 57.6 Å². The molecule has 0 aliphatic rings. The van der Waals surface area contributed by atoms with Crippen LogP contribution in [0, 0.1) is 0 Å². The Morgan fingerprint density at radius 1 is 1.21 bits per heavy atom. The molecule has 1 N–H and O–H groups in total. The Hall–Kier alpha value is -1.37. The van der Waals surface area contributed by atoms with Gasteiger partial charge in [-0.15, -0.1) is 11.3 Å². The first-order valence-electron chi connectivity index (χ1n) is 5.81. The van der Waals surface area contributed by atoms with E-state index in [0.29, 0.717) is 5.69 Å². The van der Waals surface area contributed by atoms with Gasteiger partial charge in [0.25, 0.3) is 10.0 Å². The zero-order chi connectivity index (χ0) is 13.9. The number of hydrogen-bond donors (Lipinski definition) is 1. The van der Waals surface area contributed by atoms with Gasteiger partial charge in [-0.05, 0) is 30.5 Å². The number of aliphatic hydroxyl groups excluding tert-OH is 1. The Balaban J connectivity index is 2.44. The molecule has 0 aliphatic carbocycles. The Kier molecular flexibility index (Phi) is 4.24. The quantitative estimate of drug-likeness (QED) is 0.921. The predicted octanol–water partition coefficient (Wildman–Crippen LogP) is 2.32. The molecule has 0 saturated carbocycles. The summed E-state index contributed by atoms with van der Waals surface area (Å²) in [6, 6.07) is 12.1. The summed E-state index contributed by atoms with van der Waals surface area (Å²) in [5, 5.41) is 11.3. The smallest absolute Gasteiger partial charge is 0.273 e. The molecule has 2 rings (SSSR count). The van der Waals surface area contributed by atoms with E-state index >= 15 is 0 Å². The van der Waals surface area contributed by atoms with Crippen molar-refractivity contribution in [2.75, 3.05) is 10.8 Å². The number of aliphatic hydroxyl groups is 1. The Morgan fingerprint density at radius 2 is 1.89 bits per heavy atom. The second-order valence-corrected chi connectivity index (χ2v) is 7.19. The molecule has 4 nitrogen and oxygen atoms in total. The maximum absolute atomic E-state index is 12.6. The summed E-state index contributed by atoms with van der Waals surface area (Å²) in [5.41, 5.74) is 0.553. The zero-order valence-corrected chi connectivity index (χ0v) is 12.1. The van der Waals surface area contributed by atoms with Gasteiger partial charge in [0.1, 0.15) is 4.21 Å². The second kappa shape index (κ2) is 5.73. The van der Waals surface area contributed by atoms with Gasteiger partial charge in [0, 0.05) is 0 Å². The molecule has 6 heteroatoms. The van der Waals surface area contributed by atoms with Crippen LogP contribution in [-0.2, 0) is 10.0 Å². The van der Waals surface area contributed by atoms with Crippen LogP contribution < -0.4 is 4.31 Å². The van der Waals surface area contributed by atoms with E-state index in [9.17, 15) is 13.5 Å². The lowest BCUT2D eigenvalue weighted by Gasteiger charge is -2.24. The third-order valence-electron chi connectivity index (χ3n) is 2.51. The van der Waals surface area contributed by atoms with Crippen LogP contribution in [0.4, 0.5) is 5.69 Å². The highest BCUT2D eigenvalue weighted by atomic mass is 32.2. The Morgan fingerprint density at radius 3 is 2.42 bits per heavy atom. The summed E-state index contributed by atoms with van der Waals surface area (Å²) in [7, 11) is -3.61. The van der Waals surface area contributed by atoms with Crippen LogP contribution in [0.2, 0.25) is 0 Å². The number of rotatable bonds is 5. The van der Waals surface area contributed by atoms with Crippen LogP contribution in [0.3, 0.4) is 0 Å². The fourth-order valence-corrected chi connectivity index (χ4v) is 4.35. The lowest BCUT2D eigenvalue weighted by molar-refractivity contribution is 0.204. The number of thiophene rings is 1. The number of sulfonamides is 1. The van der Waals surface area contributed by atoms with Gasteiger partial charge in [-0.25, -0.2) is 8.42 Å². The lowest BCUT2D eigenvalue weighted by atomic mass is 10.3. The molecule has 0 radical (unpaired) electrons. The van der Waals surface area contributed by atoms with Gasteiger partial charge in [0.05, 0.1) is 18.3 Å². The summed E-state index contributed by atoms with van der Waals surface area (Å²) in [6.45, 7) is 1.60. The highest BCUT2D eigenvalue weighted by Crippen LogP contribution is 2.26. The standard InChI is InChI=1S/C13H15NO3S2/c1-11(15)10-14(12-6-3-2-4-7-12)19(16,17)13-8-5-9-18-13/h2-9,11,15H,10H2,1H3/t11-/m0/s1. The predicted molar refractivity (Wildman–Crippen MR) is 77.0 cm³/mol. The molecule has 1 heterocycles. The van der Waals surface area contributed by atoms with Gasteiger partial charge in [-0.1, -0.05) is 24.3 Å². The molecule has 0 fully saturated rings. The SMILES string of the molecule is C[C@H](O)CN(c1ccccc1)S(=O)(=O)c1cccs1. The zero-order valence-electron chi connectivity index (χ0n) is 10.4. The van der Waals surface area contributed by atoms with Gasteiger partial charge in [-0.2, -0.15) is 0 Å². The summed E-state index contributed by atoms with van der Waals surface area (Å²) in [5.74, 6) is 0. The first kappa shape index (κ1) is 14.0. The number of hydrogen-bond acceptors (Lipinski definition) is 4. The minimum Gasteiger partial charge on any atom is -0.392 e. The van der Waals surface area contributed by atoms with Crippen molar-refractivity contribution in [2.24, 2.45) is 0 Å². The first-order valence-corrected chi connectivity index (χ1v) is 8.13. The highest BCUT2D eigenvalue weighted by molar-refractivity contribution is 7.94.